The second kappa shape index (κ2) is 12.8. The molecule has 0 spiro atoms. The van der Waals surface area contributed by atoms with Crippen LogP contribution in [0.25, 0.3) is 0 Å². The van der Waals surface area contributed by atoms with Crippen LogP contribution in [0.1, 0.15) is 38.8 Å². The fourth-order valence-electron chi connectivity index (χ4n) is 4.42. The predicted octanol–water partition coefficient (Wildman–Crippen LogP) is 6.32. The smallest absolute Gasteiger partial charge is 0.339 e. The predicted molar refractivity (Wildman–Crippen MR) is 160 cm³/mol. The molecule has 0 bridgehead atoms. The van der Waals surface area contributed by atoms with Crippen molar-refractivity contribution >= 4 is 35.1 Å². The second-order valence-corrected chi connectivity index (χ2v) is 11.0. The van der Waals surface area contributed by atoms with Gasteiger partial charge in [-0.2, -0.15) is 0 Å². The molecule has 4 N–H and O–H groups in total. The Morgan fingerprint density at radius 3 is 1.59 bits per heavy atom. The molecule has 0 saturated heterocycles. The summed E-state index contributed by atoms with van der Waals surface area (Å²) in [5, 5.41) is 37.7. The summed E-state index contributed by atoms with van der Waals surface area (Å²) < 4.78 is 0. The molecule has 212 valence electrons. The number of carbonyl (C=O) groups is 2. The maximum absolute atomic E-state index is 10.9. The number of hydrogen-bond acceptors (Lipinski definition) is 7. The highest BCUT2D eigenvalue weighted by Gasteiger charge is 2.24. The number of phenols is 2. The molecule has 5 rings (SSSR count). The van der Waals surface area contributed by atoms with Crippen LogP contribution >= 0.6 is 11.8 Å². The molecule has 0 aromatic heterocycles. The Labute approximate surface area is 243 Å². The van der Waals surface area contributed by atoms with Crippen LogP contribution in [0.5, 0.6) is 11.5 Å². The van der Waals surface area contributed by atoms with Crippen molar-refractivity contribution in [1.82, 2.24) is 4.90 Å². The number of anilines is 2. The Bertz CT molecular complexity index is 1460. The van der Waals surface area contributed by atoms with Crippen LogP contribution in [0.2, 0.25) is 0 Å². The first kappa shape index (κ1) is 29.5. The first-order chi connectivity index (χ1) is 19.6. The van der Waals surface area contributed by atoms with Crippen molar-refractivity contribution in [1.29, 1.82) is 0 Å². The maximum atomic E-state index is 10.9. The van der Waals surface area contributed by atoms with E-state index >= 15 is 0 Å². The number of fused-ring (bicyclic) bond motifs is 2. The maximum Gasteiger partial charge on any atom is 0.339 e. The van der Waals surface area contributed by atoms with Crippen molar-refractivity contribution in [2.45, 2.75) is 29.2 Å². The van der Waals surface area contributed by atoms with E-state index in [9.17, 15) is 19.8 Å². The molecule has 0 radical (unpaired) electrons. The van der Waals surface area contributed by atoms with Crippen molar-refractivity contribution in [2.24, 2.45) is 0 Å². The minimum Gasteiger partial charge on any atom is -0.507 e. The molecular formula is C32H32N2O6S. The Hall–Kier alpha value is -4.47. The zero-order chi connectivity index (χ0) is 29.7. The lowest BCUT2D eigenvalue weighted by Gasteiger charge is -2.36. The van der Waals surface area contributed by atoms with Gasteiger partial charge in [0.05, 0.1) is 11.4 Å². The normalized spacial score (nSPS) is 12.5. The van der Waals surface area contributed by atoms with Crippen LogP contribution in [-0.4, -0.2) is 63.9 Å². The number of para-hydroxylation sites is 4. The standard InChI is InChI=1S/C17H20N2S.C15H12O6/c1-13(18(2)3)12-19-14-8-4-6-10-16(14)20-17-11-7-5-9-15(17)19;16-12-8(3-1-5-10(12)14(18)19)7-9-4-2-6-11(13(9)17)15(20)21/h4-11,13H,12H2,1-3H3;1-6,16-17H,7H2,(H,18,19)(H,20,21). The highest BCUT2D eigenvalue weighted by Crippen LogP contribution is 2.47. The van der Waals surface area contributed by atoms with E-state index in [0.29, 0.717) is 6.04 Å². The minimum atomic E-state index is -1.27. The third-order valence-electron chi connectivity index (χ3n) is 6.94. The number of benzene rings is 4. The Morgan fingerprint density at radius 1 is 0.732 bits per heavy atom. The summed E-state index contributed by atoms with van der Waals surface area (Å²) in [5.41, 5.74) is 2.72. The zero-order valence-corrected chi connectivity index (χ0v) is 23.8. The van der Waals surface area contributed by atoms with Crippen molar-refractivity contribution in [3.63, 3.8) is 0 Å². The van der Waals surface area contributed by atoms with Crippen LogP contribution in [0, 0.1) is 0 Å². The van der Waals surface area contributed by atoms with Gasteiger partial charge in [-0.25, -0.2) is 9.59 Å². The largest absolute Gasteiger partial charge is 0.507 e. The van der Waals surface area contributed by atoms with E-state index < -0.39 is 23.4 Å². The zero-order valence-electron chi connectivity index (χ0n) is 23.0. The van der Waals surface area contributed by atoms with Gasteiger partial charge in [0.25, 0.3) is 0 Å². The van der Waals surface area contributed by atoms with Crippen LogP contribution in [0.3, 0.4) is 0 Å². The lowest BCUT2D eigenvalue weighted by molar-refractivity contribution is 0.0682. The van der Waals surface area contributed by atoms with Crippen molar-refractivity contribution < 1.29 is 30.0 Å². The number of rotatable bonds is 7. The molecule has 1 atom stereocenters. The number of likely N-dealkylation sites (N-methyl/N-ethyl adjacent to an activating group) is 1. The van der Waals surface area contributed by atoms with Gasteiger partial charge >= 0.3 is 11.9 Å². The number of nitrogens with zero attached hydrogens (tertiary/aromatic N) is 2. The molecule has 0 amide bonds. The molecular weight excluding hydrogens is 540 g/mol. The molecule has 0 fully saturated rings. The molecule has 8 nitrogen and oxygen atoms in total. The summed E-state index contributed by atoms with van der Waals surface area (Å²) in [6.45, 7) is 3.27. The minimum absolute atomic E-state index is 0.0138. The molecule has 0 aliphatic carbocycles. The summed E-state index contributed by atoms with van der Waals surface area (Å²) in [5.74, 6) is -3.33. The number of carboxylic acid groups (broad SMARTS) is 2. The van der Waals surface area contributed by atoms with Crippen molar-refractivity contribution in [3.05, 3.63) is 107 Å². The first-order valence-electron chi connectivity index (χ1n) is 13.0. The highest BCUT2D eigenvalue weighted by molar-refractivity contribution is 7.99. The Kier molecular flexibility index (Phi) is 9.21. The molecule has 4 aromatic rings. The van der Waals surface area contributed by atoms with Gasteiger partial charge in [-0.3, -0.25) is 0 Å². The number of aromatic carboxylic acids is 2. The van der Waals surface area contributed by atoms with E-state index in [1.807, 2.05) is 11.8 Å². The van der Waals surface area contributed by atoms with Gasteiger partial charge in [0.15, 0.2) is 0 Å². The monoisotopic (exact) mass is 572 g/mol. The quantitative estimate of drug-likeness (QED) is 0.201. The summed E-state index contributed by atoms with van der Waals surface area (Å²) in [7, 11) is 4.28. The highest BCUT2D eigenvalue weighted by atomic mass is 32.2. The SMILES string of the molecule is CC(CN1c2ccccc2Sc2ccccc21)N(C)C.O=C(O)c1cccc(Cc2cccc(C(=O)O)c2O)c1O. The molecule has 41 heavy (non-hydrogen) atoms. The molecule has 0 saturated carbocycles. The lowest BCUT2D eigenvalue weighted by Crippen LogP contribution is -2.37. The molecule has 4 aromatic carbocycles. The van der Waals surface area contributed by atoms with Gasteiger partial charge in [-0.15, -0.1) is 0 Å². The number of hydrogen-bond donors (Lipinski definition) is 4. The fourth-order valence-corrected chi connectivity index (χ4v) is 5.52. The molecule has 9 heteroatoms. The second-order valence-electron chi connectivity index (χ2n) is 9.87. The summed E-state index contributed by atoms with van der Waals surface area (Å²) in [6, 6.07) is 26.3. The number of aromatic hydroxyl groups is 2. The van der Waals surface area contributed by atoms with Crippen LogP contribution in [-0.2, 0) is 6.42 Å². The van der Waals surface area contributed by atoms with Crippen molar-refractivity contribution in [3.8, 4) is 11.5 Å². The third kappa shape index (κ3) is 6.65. The average Bonchev–Trinajstić information content (AvgIpc) is 2.95. The Balaban J connectivity index is 0.000000189. The summed E-state index contributed by atoms with van der Waals surface area (Å²) in [6.07, 6.45) is 0.0138. The van der Waals surface area contributed by atoms with E-state index in [0.717, 1.165) is 6.54 Å². The molecule has 1 aliphatic rings. The van der Waals surface area contributed by atoms with E-state index in [1.165, 1.54) is 57.6 Å². The van der Waals surface area contributed by atoms with E-state index in [2.05, 4.69) is 79.3 Å². The van der Waals surface area contributed by atoms with Crippen LogP contribution < -0.4 is 4.90 Å². The Morgan fingerprint density at radius 2 is 1.17 bits per heavy atom. The molecule has 1 aliphatic heterocycles. The third-order valence-corrected chi connectivity index (χ3v) is 8.07. The van der Waals surface area contributed by atoms with Gasteiger partial charge in [-0.05, 0) is 68.5 Å². The molecule has 1 heterocycles. The first-order valence-corrected chi connectivity index (χ1v) is 13.8. The summed E-state index contributed by atoms with van der Waals surface area (Å²) >= 11 is 1.87. The van der Waals surface area contributed by atoms with E-state index in [4.69, 9.17) is 10.2 Å². The van der Waals surface area contributed by atoms with Gasteiger partial charge in [-0.1, -0.05) is 60.3 Å². The van der Waals surface area contributed by atoms with E-state index in [1.54, 1.807) is 0 Å². The van der Waals surface area contributed by atoms with Crippen molar-refractivity contribution in [2.75, 3.05) is 25.5 Å². The van der Waals surface area contributed by atoms with Crippen LogP contribution in [0.4, 0.5) is 11.4 Å². The fraction of sp³-hybridized carbons (Fsp3) is 0.188. The van der Waals surface area contributed by atoms with Gasteiger partial charge < -0.3 is 30.2 Å². The van der Waals surface area contributed by atoms with Gasteiger partial charge in [0.2, 0.25) is 0 Å². The lowest BCUT2D eigenvalue weighted by atomic mass is 9.99. The topological polar surface area (TPSA) is 122 Å². The van der Waals surface area contributed by atoms with Crippen LogP contribution in [0.15, 0.2) is 94.7 Å². The summed E-state index contributed by atoms with van der Waals surface area (Å²) in [4.78, 5) is 29.3. The average molecular weight is 573 g/mol. The number of carboxylic acids is 2. The van der Waals surface area contributed by atoms with Gasteiger partial charge in [0, 0.05) is 28.8 Å². The molecule has 1 unspecified atom stereocenters. The van der Waals surface area contributed by atoms with E-state index in [-0.39, 0.29) is 28.7 Å². The van der Waals surface area contributed by atoms with Gasteiger partial charge in [0.1, 0.15) is 22.6 Å².